The predicted octanol–water partition coefficient (Wildman–Crippen LogP) is 5.09. The first-order valence-electron chi connectivity index (χ1n) is 9.11. The molecule has 6 nitrogen and oxygen atoms in total. The third-order valence-electron chi connectivity index (χ3n) is 4.73. The van der Waals surface area contributed by atoms with Crippen molar-refractivity contribution in [2.75, 3.05) is 25.3 Å². The van der Waals surface area contributed by atoms with Crippen molar-refractivity contribution in [2.45, 2.75) is 0 Å². The normalized spacial score (nSPS) is 10.8. The summed E-state index contributed by atoms with van der Waals surface area (Å²) < 4.78 is 29.4. The van der Waals surface area contributed by atoms with E-state index in [0.717, 1.165) is 11.1 Å². The lowest BCUT2D eigenvalue weighted by atomic mass is 10.0. The molecule has 0 radical (unpaired) electrons. The average molecular weight is 406 g/mol. The molecule has 0 aliphatic heterocycles. The number of methoxy groups -OCH3 is 2. The summed E-state index contributed by atoms with van der Waals surface area (Å²) in [6.45, 7) is 0. The van der Waals surface area contributed by atoms with Crippen LogP contribution in [-0.2, 0) is 0 Å². The molecule has 0 fully saturated rings. The first-order valence-corrected chi connectivity index (χ1v) is 9.11. The lowest BCUT2D eigenvalue weighted by molar-refractivity contribution is 0.0998. The van der Waals surface area contributed by atoms with Crippen LogP contribution in [0, 0.1) is 5.82 Å². The number of benzene rings is 3. The van der Waals surface area contributed by atoms with Crippen molar-refractivity contribution in [3.05, 3.63) is 72.2 Å². The minimum absolute atomic E-state index is 0.117. The van der Waals surface area contributed by atoms with Gasteiger partial charge in [0, 0.05) is 11.5 Å². The van der Waals surface area contributed by atoms with Crippen LogP contribution in [0.3, 0.4) is 0 Å². The average Bonchev–Trinajstić information content (AvgIpc) is 3.18. The summed E-state index contributed by atoms with van der Waals surface area (Å²) in [5.74, 6) is 0.386. The number of carbonyl (C=O) groups excluding carboxylic acids is 1. The Morgan fingerprint density at radius 1 is 0.933 bits per heavy atom. The molecule has 1 heterocycles. The van der Waals surface area contributed by atoms with E-state index in [2.05, 4.69) is 5.32 Å². The first-order chi connectivity index (χ1) is 14.5. The zero-order valence-electron chi connectivity index (χ0n) is 16.4. The maximum Gasteiger partial charge on any atom is 0.291 e. The topological polar surface area (TPSA) is 86.7 Å². The summed E-state index contributed by atoms with van der Waals surface area (Å²) in [6.07, 6.45) is 0. The number of fused-ring (bicyclic) bond motifs is 1. The van der Waals surface area contributed by atoms with Gasteiger partial charge in [-0.1, -0.05) is 18.2 Å². The molecule has 3 N–H and O–H groups in total. The van der Waals surface area contributed by atoms with E-state index in [1.54, 1.807) is 48.5 Å². The molecule has 0 spiro atoms. The Balaban J connectivity index is 1.63. The second kappa shape index (κ2) is 7.79. The van der Waals surface area contributed by atoms with Crippen LogP contribution >= 0.6 is 0 Å². The highest BCUT2D eigenvalue weighted by Crippen LogP contribution is 2.34. The van der Waals surface area contributed by atoms with Crippen LogP contribution in [0.25, 0.3) is 22.1 Å². The molecule has 0 aliphatic carbocycles. The molecule has 0 bridgehead atoms. The Morgan fingerprint density at radius 3 is 2.30 bits per heavy atom. The van der Waals surface area contributed by atoms with Gasteiger partial charge < -0.3 is 24.9 Å². The van der Waals surface area contributed by atoms with E-state index >= 15 is 0 Å². The van der Waals surface area contributed by atoms with Crippen molar-refractivity contribution in [1.82, 2.24) is 0 Å². The van der Waals surface area contributed by atoms with E-state index in [9.17, 15) is 9.18 Å². The van der Waals surface area contributed by atoms with E-state index in [0.29, 0.717) is 33.8 Å². The summed E-state index contributed by atoms with van der Waals surface area (Å²) in [5.41, 5.74) is 8.94. The Bertz CT molecular complexity index is 1190. The van der Waals surface area contributed by atoms with Crippen LogP contribution in [-0.4, -0.2) is 20.1 Å². The number of hydrogen-bond acceptors (Lipinski definition) is 5. The molecule has 1 amide bonds. The zero-order chi connectivity index (χ0) is 21.3. The molecule has 4 aromatic rings. The molecule has 7 heteroatoms. The van der Waals surface area contributed by atoms with Gasteiger partial charge in [-0.25, -0.2) is 4.39 Å². The zero-order valence-corrected chi connectivity index (χ0v) is 16.4. The van der Waals surface area contributed by atoms with Crippen LogP contribution in [0.5, 0.6) is 11.5 Å². The Morgan fingerprint density at radius 2 is 1.60 bits per heavy atom. The minimum Gasteiger partial charge on any atom is -0.493 e. The van der Waals surface area contributed by atoms with E-state index < -0.39 is 5.91 Å². The van der Waals surface area contributed by atoms with E-state index in [1.165, 1.54) is 26.4 Å². The SMILES string of the molecule is COc1cc2cc(C(=O)Nc3cc(-c4ccc(F)cc4)ccc3N)oc2cc1OC. The van der Waals surface area contributed by atoms with E-state index in [-0.39, 0.29) is 11.6 Å². The highest BCUT2D eigenvalue weighted by atomic mass is 19.1. The lowest BCUT2D eigenvalue weighted by Crippen LogP contribution is -2.12. The van der Waals surface area contributed by atoms with Crippen molar-refractivity contribution in [2.24, 2.45) is 0 Å². The van der Waals surface area contributed by atoms with Crippen molar-refractivity contribution >= 4 is 28.3 Å². The predicted molar refractivity (Wildman–Crippen MR) is 114 cm³/mol. The molecule has 0 saturated heterocycles. The fraction of sp³-hybridized carbons (Fsp3) is 0.0870. The first kappa shape index (κ1) is 19.3. The van der Waals surface area contributed by atoms with Gasteiger partial charge in [-0.2, -0.15) is 0 Å². The van der Waals surface area contributed by atoms with E-state index in [4.69, 9.17) is 19.6 Å². The fourth-order valence-corrected chi connectivity index (χ4v) is 3.15. The van der Waals surface area contributed by atoms with Crippen LogP contribution in [0.1, 0.15) is 10.6 Å². The Hall–Kier alpha value is -4.00. The summed E-state index contributed by atoms with van der Waals surface area (Å²) in [5, 5.41) is 3.47. The number of carbonyl (C=O) groups is 1. The molecule has 0 aliphatic rings. The number of nitrogen functional groups attached to an aromatic ring is 1. The number of halogens is 1. The molecule has 152 valence electrons. The molecule has 0 atom stereocenters. The fourth-order valence-electron chi connectivity index (χ4n) is 3.15. The summed E-state index contributed by atoms with van der Waals surface area (Å²) in [6, 6.07) is 16.3. The van der Waals surface area contributed by atoms with Crippen LogP contribution in [0.2, 0.25) is 0 Å². The van der Waals surface area contributed by atoms with Gasteiger partial charge in [-0.15, -0.1) is 0 Å². The minimum atomic E-state index is -0.452. The van der Waals surface area contributed by atoms with Crippen molar-refractivity contribution in [1.29, 1.82) is 0 Å². The monoisotopic (exact) mass is 406 g/mol. The molecule has 3 aromatic carbocycles. The van der Waals surface area contributed by atoms with Gasteiger partial charge in [0.1, 0.15) is 11.4 Å². The van der Waals surface area contributed by atoms with Gasteiger partial charge in [0.25, 0.3) is 5.91 Å². The van der Waals surface area contributed by atoms with Gasteiger partial charge >= 0.3 is 0 Å². The number of ether oxygens (including phenoxy) is 2. The van der Waals surface area contributed by atoms with Crippen molar-refractivity contribution in [3.63, 3.8) is 0 Å². The summed E-state index contributed by atoms with van der Waals surface area (Å²) >= 11 is 0. The standard InChI is InChI=1S/C23H19FN2O4/c1-28-20-10-15-11-22(30-19(15)12-21(20)29-2)23(27)26-18-9-14(5-8-17(18)25)13-3-6-16(24)7-4-13/h3-12H,25H2,1-2H3,(H,26,27). The van der Waals surface area contributed by atoms with Crippen LogP contribution in [0.15, 0.2) is 65.1 Å². The molecular formula is C23H19FN2O4. The van der Waals surface area contributed by atoms with Gasteiger partial charge in [-0.05, 0) is 47.5 Å². The van der Waals surface area contributed by atoms with Crippen molar-refractivity contribution < 1.29 is 23.1 Å². The summed E-state index contributed by atoms with van der Waals surface area (Å²) in [7, 11) is 3.06. The second-order valence-electron chi connectivity index (χ2n) is 6.62. The van der Waals surface area contributed by atoms with Crippen LogP contribution < -0.4 is 20.5 Å². The highest BCUT2D eigenvalue weighted by molar-refractivity contribution is 6.06. The van der Waals surface area contributed by atoms with Gasteiger partial charge in [-0.3, -0.25) is 4.79 Å². The third-order valence-corrected chi connectivity index (χ3v) is 4.73. The number of anilines is 2. The Labute approximate surface area is 172 Å². The van der Waals surface area contributed by atoms with Gasteiger partial charge in [0.2, 0.25) is 0 Å². The number of nitrogens with one attached hydrogen (secondary N) is 1. The maximum absolute atomic E-state index is 13.2. The molecule has 0 unspecified atom stereocenters. The Kier molecular flexibility index (Phi) is 5.02. The number of rotatable bonds is 5. The smallest absolute Gasteiger partial charge is 0.291 e. The van der Waals surface area contributed by atoms with Gasteiger partial charge in [0.05, 0.1) is 25.6 Å². The second-order valence-corrected chi connectivity index (χ2v) is 6.62. The van der Waals surface area contributed by atoms with Crippen molar-refractivity contribution in [3.8, 4) is 22.6 Å². The highest BCUT2D eigenvalue weighted by Gasteiger charge is 2.17. The molecule has 1 aromatic heterocycles. The quantitative estimate of drug-likeness (QED) is 0.451. The number of hydrogen-bond donors (Lipinski definition) is 2. The number of furan rings is 1. The third kappa shape index (κ3) is 3.65. The number of nitrogens with two attached hydrogens (primary N) is 1. The van der Waals surface area contributed by atoms with Crippen LogP contribution in [0.4, 0.5) is 15.8 Å². The maximum atomic E-state index is 13.2. The largest absolute Gasteiger partial charge is 0.493 e. The lowest BCUT2D eigenvalue weighted by Gasteiger charge is -2.10. The number of amides is 1. The molecule has 30 heavy (non-hydrogen) atoms. The van der Waals surface area contributed by atoms with Gasteiger partial charge in [0.15, 0.2) is 17.3 Å². The molecule has 0 saturated carbocycles. The molecular weight excluding hydrogens is 387 g/mol. The molecule has 4 rings (SSSR count). The van der Waals surface area contributed by atoms with E-state index in [1.807, 2.05) is 0 Å². The summed E-state index contributed by atoms with van der Waals surface area (Å²) in [4.78, 5) is 12.8.